The van der Waals surface area contributed by atoms with Gasteiger partial charge in [-0.15, -0.1) is 0 Å². The Morgan fingerprint density at radius 3 is 2.82 bits per heavy atom. The highest BCUT2D eigenvalue weighted by Gasteiger charge is 2.31. The number of amides is 2. The van der Waals surface area contributed by atoms with Gasteiger partial charge in [0, 0.05) is 26.1 Å². The lowest BCUT2D eigenvalue weighted by atomic mass is 10.0. The van der Waals surface area contributed by atoms with Crippen LogP contribution in [-0.2, 0) is 9.59 Å². The van der Waals surface area contributed by atoms with Crippen molar-refractivity contribution in [3.8, 4) is 0 Å². The summed E-state index contributed by atoms with van der Waals surface area (Å²) in [5.74, 6) is 0.0414. The second-order valence-electron chi connectivity index (χ2n) is 4.43. The van der Waals surface area contributed by atoms with Crippen LogP contribution in [0.15, 0.2) is 0 Å². The molecule has 5 nitrogen and oxygen atoms in total. The third-order valence-corrected chi connectivity index (χ3v) is 3.03. The maximum Gasteiger partial charge on any atom is 0.242 e. The van der Waals surface area contributed by atoms with E-state index >= 15 is 0 Å². The number of nitrogens with one attached hydrogen (secondary N) is 1. The molecule has 2 amide bonds. The third-order valence-electron chi connectivity index (χ3n) is 3.03. The maximum absolute atomic E-state index is 11.9. The average molecular weight is 241 g/mol. The summed E-state index contributed by atoms with van der Waals surface area (Å²) in [6, 6.07) is -0.283. The minimum absolute atomic E-state index is 0.0559. The van der Waals surface area contributed by atoms with E-state index in [9.17, 15) is 9.59 Å². The Bertz CT molecular complexity index is 268. The molecule has 0 aromatic heterocycles. The molecular weight excluding hydrogens is 218 g/mol. The SMILES string of the molecule is CCCC(=O)N1CCCCC1C(=O)NCCN. The Hall–Kier alpha value is -1.10. The van der Waals surface area contributed by atoms with Gasteiger partial charge in [0.1, 0.15) is 6.04 Å². The van der Waals surface area contributed by atoms with Gasteiger partial charge in [0.2, 0.25) is 11.8 Å². The van der Waals surface area contributed by atoms with Gasteiger partial charge < -0.3 is 16.0 Å². The molecule has 1 fully saturated rings. The van der Waals surface area contributed by atoms with Crippen LogP contribution in [0.3, 0.4) is 0 Å². The molecule has 0 radical (unpaired) electrons. The highest BCUT2D eigenvalue weighted by molar-refractivity contribution is 5.87. The van der Waals surface area contributed by atoms with E-state index < -0.39 is 0 Å². The van der Waals surface area contributed by atoms with Gasteiger partial charge in [0.25, 0.3) is 0 Å². The van der Waals surface area contributed by atoms with Gasteiger partial charge >= 0.3 is 0 Å². The lowest BCUT2D eigenvalue weighted by Gasteiger charge is -2.34. The molecule has 0 bridgehead atoms. The molecule has 0 aromatic rings. The fourth-order valence-corrected chi connectivity index (χ4v) is 2.17. The van der Waals surface area contributed by atoms with Gasteiger partial charge in [-0.25, -0.2) is 0 Å². The quantitative estimate of drug-likeness (QED) is 0.724. The highest BCUT2D eigenvalue weighted by atomic mass is 16.2. The zero-order valence-electron chi connectivity index (χ0n) is 10.6. The van der Waals surface area contributed by atoms with Gasteiger partial charge in [0.15, 0.2) is 0 Å². The van der Waals surface area contributed by atoms with Crippen molar-refractivity contribution >= 4 is 11.8 Å². The lowest BCUT2D eigenvalue weighted by molar-refractivity contribution is -0.142. The Kier molecular flexibility index (Phi) is 5.97. The molecule has 5 heteroatoms. The summed E-state index contributed by atoms with van der Waals surface area (Å²) < 4.78 is 0. The van der Waals surface area contributed by atoms with Crippen LogP contribution in [0, 0.1) is 0 Å². The zero-order chi connectivity index (χ0) is 12.7. The first-order valence-electron chi connectivity index (χ1n) is 6.48. The van der Waals surface area contributed by atoms with Crippen LogP contribution in [0.4, 0.5) is 0 Å². The molecule has 0 aromatic carbocycles. The molecular formula is C12H23N3O2. The first kappa shape index (κ1) is 14.0. The number of hydrogen-bond donors (Lipinski definition) is 2. The van der Waals surface area contributed by atoms with Crippen molar-refractivity contribution in [3.05, 3.63) is 0 Å². The monoisotopic (exact) mass is 241 g/mol. The number of likely N-dealkylation sites (tertiary alicyclic amines) is 1. The minimum atomic E-state index is -0.283. The number of carbonyl (C=O) groups is 2. The van der Waals surface area contributed by atoms with Gasteiger partial charge in [-0.05, 0) is 25.7 Å². The zero-order valence-corrected chi connectivity index (χ0v) is 10.6. The van der Waals surface area contributed by atoms with Crippen molar-refractivity contribution in [3.63, 3.8) is 0 Å². The fraction of sp³-hybridized carbons (Fsp3) is 0.833. The molecule has 3 N–H and O–H groups in total. The van der Waals surface area contributed by atoms with E-state index in [2.05, 4.69) is 5.32 Å². The summed E-state index contributed by atoms with van der Waals surface area (Å²) in [7, 11) is 0. The molecule has 0 saturated carbocycles. The van der Waals surface area contributed by atoms with E-state index in [4.69, 9.17) is 5.73 Å². The van der Waals surface area contributed by atoms with Crippen LogP contribution >= 0.6 is 0 Å². The molecule has 1 saturated heterocycles. The Balaban J connectivity index is 2.58. The van der Waals surface area contributed by atoms with E-state index in [1.165, 1.54) is 0 Å². The summed E-state index contributed by atoms with van der Waals surface area (Å²) in [5.41, 5.74) is 5.35. The first-order valence-corrected chi connectivity index (χ1v) is 6.48. The summed E-state index contributed by atoms with van der Waals surface area (Å²) in [6.45, 7) is 3.59. The van der Waals surface area contributed by atoms with Crippen molar-refractivity contribution in [1.29, 1.82) is 0 Å². The molecule has 0 spiro atoms. The van der Waals surface area contributed by atoms with Gasteiger partial charge in [0.05, 0.1) is 0 Å². The molecule has 1 aliphatic heterocycles. The molecule has 1 aliphatic rings. The molecule has 1 heterocycles. The van der Waals surface area contributed by atoms with Crippen LogP contribution in [0.2, 0.25) is 0 Å². The molecule has 0 aliphatic carbocycles. The predicted molar refractivity (Wildman–Crippen MR) is 66.3 cm³/mol. The second-order valence-corrected chi connectivity index (χ2v) is 4.43. The smallest absolute Gasteiger partial charge is 0.242 e. The van der Waals surface area contributed by atoms with Crippen molar-refractivity contribution in [1.82, 2.24) is 10.2 Å². The topological polar surface area (TPSA) is 75.4 Å². The molecule has 17 heavy (non-hydrogen) atoms. The van der Waals surface area contributed by atoms with Gasteiger partial charge in [-0.1, -0.05) is 6.92 Å². The van der Waals surface area contributed by atoms with E-state index in [0.29, 0.717) is 26.1 Å². The molecule has 98 valence electrons. The summed E-state index contributed by atoms with van der Waals surface area (Å²) in [5, 5.41) is 2.77. The van der Waals surface area contributed by atoms with E-state index in [1.54, 1.807) is 4.90 Å². The van der Waals surface area contributed by atoms with Crippen LogP contribution in [-0.4, -0.2) is 42.4 Å². The van der Waals surface area contributed by atoms with E-state index in [-0.39, 0.29) is 17.9 Å². The summed E-state index contributed by atoms with van der Waals surface area (Å²) in [4.78, 5) is 25.6. The third kappa shape index (κ3) is 4.00. The summed E-state index contributed by atoms with van der Waals surface area (Å²) >= 11 is 0. The second kappa shape index (κ2) is 7.27. The van der Waals surface area contributed by atoms with Crippen LogP contribution in [0.5, 0.6) is 0 Å². The number of rotatable bonds is 5. The predicted octanol–water partition coefficient (Wildman–Crippen LogP) is 0.243. The Morgan fingerprint density at radius 2 is 2.18 bits per heavy atom. The number of hydrogen-bond acceptors (Lipinski definition) is 3. The van der Waals surface area contributed by atoms with Crippen LogP contribution < -0.4 is 11.1 Å². The minimum Gasteiger partial charge on any atom is -0.353 e. The molecule has 1 atom stereocenters. The number of piperidine rings is 1. The van der Waals surface area contributed by atoms with Crippen molar-refractivity contribution in [2.24, 2.45) is 5.73 Å². The van der Waals surface area contributed by atoms with Crippen LogP contribution in [0.25, 0.3) is 0 Å². The maximum atomic E-state index is 11.9. The van der Waals surface area contributed by atoms with E-state index in [0.717, 1.165) is 25.7 Å². The number of carbonyl (C=O) groups excluding carboxylic acids is 2. The van der Waals surface area contributed by atoms with Gasteiger partial charge in [-0.3, -0.25) is 9.59 Å². The Morgan fingerprint density at radius 1 is 1.41 bits per heavy atom. The largest absolute Gasteiger partial charge is 0.353 e. The van der Waals surface area contributed by atoms with Crippen molar-refractivity contribution in [2.45, 2.75) is 45.1 Å². The molecule has 1 unspecified atom stereocenters. The standard InChI is InChI=1S/C12H23N3O2/c1-2-5-11(16)15-9-4-3-6-10(15)12(17)14-8-7-13/h10H,2-9,13H2,1H3,(H,14,17). The van der Waals surface area contributed by atoms with Gasteiger partial charge in [-0.2, -0.15) is 0 Å². The highest BCUT2D eigenvalue weighted by Crippen LogP contribution is 2.18. The lowest BCUT2D eigenvalue weighted by Crippen LogP contribution is -2.52. The van der Waals surface area contributed by atoms with E-state index in [1.807, 2.05) is 6.92 Å². The van der Waals surface area contributed by atoms with Crippen LogP contribution in [0.1, 0.15) is 39.0 Å². The average Bonchev–Trinajstić information content (AvgIpc) is 2.36. The first-order chi connectivity index (χ1) is 8.20. The normalized spacial score (nSPS) is 20.1. The van der Waals surface area contributed by atoms with Crippen molar-refractivity contribution < 1.29 is 9.59 Å². The number of nitrogens with two attached hydrogens (primary N) is 1. The fourth-order valence-electron chi connectivity index (χ4n) is 2.17. The Labute approximate surface area is 103 Å². The molecule has 1 rings (SSSR count). The van der Waals surface area contributed by atoms with Crippen molar-refractivity contribution in [2.75, 3.05) is 19.6 Å². The number of nitrogens with zero attached hydrogens (tertiary/aromatic N) is 1. The summed E-state index contributed by atoms with van der Waals surface area (Å²) in [6.07, 6.45) is 4.13.